The lowest BCUT2D eigenvalue weighted by Gasteiger charge is -2.20. The lowest BCUT2D eigenvalue weighted by Crippen LogP contribution is -2.14. The molecular weight excluding hydrogens is 380 g/mol. The van der Waals surface area contributed by atoms with Gasteiger partial charge < -0.3 is 9.30 Å². The molecule has 0 saturated heterocycles. The Labute approximate surface area is 182 Å². The number of hydrogen-bond acceptors (Lipinski definition) is 2. The molecule has 0 N–H and O–H groups in total. The number of benzene rings is 4. The first-order valence-electron chi connectivity index (χ1n) is 10.6. The zero-order valence-electron chi connectivity index (χ0n) is 17.3. The summed E-state index contributed by atoms with van der Waals surface area (Å²) in [5, 5.41) is 0. The maximum atomic E-state index is 6.52. The first-order chi connectivity index (χ1) is 15.4. The topological polar surface area (TPSA) is 27.1 Å². The number of ether oxygens (including phenoxy) is 1. The lowest BCUT2D eigenvalue weighted by atomic mass is 10.1. The second-order valence-corrected chi connectivity index (χ2v) is 7.62. The Hall–Kier alpha value is -3.69. The van der Waals surface area contributed by atoms with E-state index in [-0.39, 0.29) is 6.10 Å². The monoisotopic (exact) mass is 404 g/mol. The van der Waals surface area contributed by atoms with Crippen molar-refractivity contribution in [1.82, 2.24) is 9.55 Å². The minimum absolute atomic E-state index is 0.266. The molecule has 3 heteroatoms. The van der Waals surface area contributed by atoms with Crippen molar-refractivity contribution in [3.63, 3.8) is 0 Å². The molecule has 1 aromatic heterocycles. The smallest absolute Gasteiger partial charge is 0.144 e. The van der Waals surface area contributed by atoms with E-state index in [0.29, 0.717) is 6.61 Å². The van der Waals surface area contributed by atoms with Crippen molar-refractivity contribution in [3.8, 4) is 0 Å². The molecule has 31 heavy (non-hydrogen) atoms. The van der Waals surface area contributed by atoms with E-state index in [0.717, 1.165) is 34.5 Å². The van der Waals surface area contributed by atoms with Crippen LogP contribution in [0.1, 0.15) is 28.6 Å². The van der Waals surface area contributed by atoms with Gasteiger partial charge in [-0.3, -0.25) is 0 Å². The summed E-state index contributed by atoms with van der Waals surface area (Å²) in [5.41, 5.74) is 5.59. The number of hydrogen-bond donors (Lipinski definition) is 0. The molecule has 0 saturated carbocycles. The van der Waals surface area contributed by atoms with Gasteiger partial charge in [-0.15, -0.1) is 0 Å². The second kappa shape index (κ2) is 8.99. The third-order valence-electron chi connectivity index (χ3n) is 5.46. The molecule has 0 unspecified atom stereocenters. The first-order valence-corrected chi connectivity index (χ1v) is 10.6. The van der Waals surface area contributed by atoms with Crippen LogP contribution in [0.15, 0.2) is 115 Å². The van der Waals surface area contributed by atoms with Gasteiger partial charge in [0.25, 0.3) is 0 Å². The first kappa shape index (κ1) is 19.3. The van der Waals surface area contributed by atoms with E-state index in [4.69, 9.17) is 9.72 Å². The van der Waals surface area contributed by atoms with Crippen LogP contribution in [0.3, 0.4) is 0 Å². The Morgan fingerprint density at radius 3 is 1.94 bits per heavy atom. The number of fused-ring (bicyclic) bond motifs is 1. The van der Waals surface area contributed by atoms with E-state index in [1.165, 1.54) is 5.56 Å². The molecular formula is C28H24N2O. The highest BCUT2D eigenvalue weighted by Gasteiger charge is 2.23. The van der Waals surface area contributed by atoms with Crippen LogP contribution in [-0.2, 0) is 17.9 Å². The van der Waals surface area contributed by atoms with Crippen LogP contribution in [0.5, 0.6) is 0 Å². The van der Waals surface area contributed by atoms with Gasteiger partial charge in [-0.25, -0.2) is 4.98 Å². The van der Waals surface area contributed by atoms with Crippen molar-refractivity contribution in [2.45, 2.75) is 19.3 Å². The molecule has 0 spiro atoms. The van der Waals surface area contributed by atoms with E-state index in [1.54, 1.807) is 0 Å². The van der Waals surface area contributed by atoms with E-state index < -0.39 is 0 Å². The minimum Gasteiger partial charge on any atom is -0.361 e. The lowest BCUT2D eigenvalue weighted by molar-refractivity contribution is 0.0593. The fourth-order valence-corrected chi connectivity index (χ4v) is 3.93. The van der Waals surface area contributed by atoms with Gasteiger partial charge in [0.05, 0.1) is 17.6 Å². The largest absolute Gasteiger partial charge is 0.361 e. The van der Waals surface area contributed by atoms with E-state index in [2.05, 4.69) is 83.4 Å². The highest BCUT2D eigenvalue weighted by Crippen LogP contribution is 2.30. The van der Waals surface area contributed by atoms with E-state index in [1.807, 2.05) is 36.4 Å². The van der Waals surface area contributed by atoms with Crippen molar-refractivity contribution >= 4 is 11.0 Å². The summed E-state index contributed by atoms with van der Waals surface area (Å²) < 4.78 is 8.81. The summed E-state index contributed by atoms with van der Waals surface area (Å²) in [6.07, 6.45) is -0.266. The highest BCUT2D eigenvalue weighted by molar-refractivity contribution is 5.76. The number of imidazole rings is 1. The molecule has 1 atom stereocenters. The van der Waals surface area contributed by atoms with Crippen molar-refractivity contribution in [1.29, 1.82) is 0 Å². The van der Waals surface area contributed by atoms with Crippen LogP contribution >= 0.6 is 0 Å². The Kier molecular flexibility index (Phi) is 5.59. The van der Waals surface area contributed by atoms with Gasteiger partial charge in [0.1, 0.15) is 11.9 Å². The third kappa shape index (κ3) is 4.27. The SMILES string of the molecule is c1ccc(CO[C@@H](c2ccccc2)c2nc3ccccc3n2Cc2ccccc2)cc1. The minimum atomic E-state index is -0.266. The molecule has 0 amide bonds. The molecule has 3 nitrogen and oxygen atoms in total. The Morgan fingerprint density at radius 1 is 0.645 bits per heavy atom. The summed E-state index contributed by atoms with van der Waals surface area (Å²) in [5.74, 6) is 0.923. The maximum absolute atomic E-state index is 6.52. The standard InChI is InChI=1S/C28H24N2O/c1-4-12-22(13-5-1)20-30-26-19-11-10-18-25(26)29-28(30)27(24-16-8-3-9-17-24)31-21-23-14-6-2-7-15-23/h1-19,27H,20-21H2/t27-/m0/s1. The average molecular weight is 405 g/mol. The highest BCUT2D eigenvalue weighted by atomic mass is 16.5. The molecule has 0 radical (unpaired) electrons. The van der Waals surface area contributed by atoms with Crippen LogP contribution < -0.4 is 0 Å². The molecule has 1 heterocycles. The molecule has 0 bridgehead atoms. The van der Waals surface area contributed by atoms with Crippen LogP contribution in [-0.4, -0.2) is 9.55 Å². The molecule has 5 rings (SSSR count). The molecule has 152 valence electrons. The molecule has 4 aromatic carbocycles. The fourth-order valence-electron chi connectivity index (χ4n) is 3.93. The Morgan fingerprint density at radius 2 is 1.23 bits per heavy atom. The van der Waals surface area contributed by atoms with Crippen molar-refractivity contribution in [2.24, 2.45) is 0 Å². The zero-order chi connectivity index (χ0) is 20.9. The number of para-hydroxylation sites is 2. The van der Waals surface area contributed by atoms with Gasteiger partial charge in [-0.2, -0.15) is 0 Å². The quantitative estimate of drug-likeness (QED) is 0.314. The zero-order valence-corrected chi connectivity index (χ0v) is 17.3. The van der Waals surface area contributed by atoms with Gasteiger partial charge in [0, 0.05) is 6.54 Å². The number of rotatable bonds is 7. The molecule has 5 aromatic rings. The summed E-state index contributed by atoms with van der Waals surface area (Å²) in [6, 6.07) is 39.5. The van der Waals surface area contributed by atoms with Crippen molar-refractivity contribution < 1.29 is 4.74 Å². The summed E-state index contributed by atoms with van der Waals surface area (Å²) in [4.78, 5) is 5.04. The van der Waals surface area contributed by atoms with Gasteiger partial charge in [0.2, 0.25) is 0 Å². The van der Waals surface area contributed by atoms with Gasteiger partial charge in [-0.05, 0) is 28.8 Å². The predicted octanol–water partition coefficient (Wildman–Crippen LogP) is 6.39. The van der Waals surface area contributed by atoms with Crippen LogP contribution in [0.2, 0.25) is 0 Å². The molecule has 0 fully saturated rings. The maximum Gasteiger partial charge on any atom is 0.144 e. The molecule has 0 aliphatic carbocycles. The van der Waals surface area contributed by atoms with Gasteiger partial charge in [-0.1, -0.05) is 103 Å². The number of aromatic nitrogens is 2. The molecule has 0 aliphatic rings. The van der Waals surface area contributed by atoms with Crippen LogP contribution in [0, 0.1) is 0 Å². The average Bonchev–Trinajstić information content (AvgIpc) is 3.19. The Balaban J connectivity index is 1.59. The van der Waals surface area contributed by atoms with E-state index >= 15 is 0 Å². The van der Waals surface area contributed by atoms with Gasteiger partial charge >= 0.3 is 0 Å². The number of nitrogens with zero attached hydrogens (tertiary/aromatic N) is 2. The predicted molar refractivity (Wildman–Crippen MR) is 125 cm³/mol. The summed E-state index contributed by atoms with van der Waals surface area (Å²) in [7, 11) is 0. The summed E-state index contributed by atoms with van der Waals surface area (Å²) in [6.45, 7) is 1.27. The molecule has 0 aliphatic heterocycles. The van der Waals surface area contributed by atoms with Gasteiger partial charge in [0.15, 0.2) is 0 Å². The van der Waals surface area contributed by atoms with Crippen LogP contribution in [0.25, 0.3) is 11.0 Å². The van der Waals surface area contributed by atoms with E-state index in [9.17, 15) is 0 Å². The van der Waals surface area contributed by atoms with Crippen molar-refractivity contribution in [3.05, 3.63) is 138 Å². The Bertz CT molecular complexity index is 1250. The summed E-state index contributed by atoms with van der Waals surface area (Å²) >= 11 is 0. The third-order valence-corrected chi connectivity index (χ3v) is 5.46. The normalized spacial score (nSPS) is 12.1. The van der Waals surface area contributed by atoms with Crippen molar-refractivity contribution in [2.75, 3.05) is 0 Å². The fraction of sp³-hybridized carbons (Fsp3) is 0.107. The second-order valence-electron chi connectivity index (χ2n) is 7.62. The van der Waals surface area contributed by atoms with Crippen LogP contribution in [0.4, 0.5) is 0 Å².